The van der Waals surface area contributed by atoms with Crippen molar-refractivity contribution in [3.8, 4) is 0 Å². The first kappa shape index (κ1) is 9.01. The quantitative estimate of drug-likeness (QED) is 0.640. The summed E-state index contributed by atoms with van der Waals surface area (Å²) in [5.74, 6) is 0.997. The van der Waals surface area contributed by atoms with Crippen molar-refractivity contribution in [2.45, 2.75) is 25.7 Å². The van der Waals surface area contributed by atoms with Crippen molar-refractivity contribution in [2.75, 3.05) is 0 Å². The van der Waals surface area contributed by atoms with Gasteiger partial charge in [-0.2, -0.15) is 0 Å². The lowest BCUT2D eigenvalue weighted by Crippen LogP contribution is -2.20. The first-order valence-corrected chi connectivity index (χ1v) is 5.01. The van der Waals surface area contributed by atoms with E-state index in [1.807, 2.05) is 6.07 Å². The van der Waals surface area contributed by atoms with Crippen LogP contribution in [0.25, 0.3) is 0 Å². The van der Waals surface area contributed by atoms with E-state index in [1.54, 1.807) is 0 Å². The van der Waals surface area contributed by atoms with Crippen LogP contribution in [0.3, 0.4) is 0 Å². The van der Waals surface area contributed by atoms with Crippen molar-refractivity contribution in [1.82, 2.24) is 0 Å². The molecule has 0 N–H and O–H groups in total. The van der Waals surface area contributed by atoms with Gasteiger partial charge in [0.25, 0.3) is 0 Å². The van der Waals surface area contributed by atoms with Crippen molar-refractivity contribution in [3.63, 3.8) is 0 Å². The zero-order valence-corrected chi connectivity index (χ0v) is 8.31. The van der Waals surface area contributed by atoms with E-state index >= 15 is 0 Å². The molecule has 1 aliphatic rings. The lowest BCUT2D eigenvalue weighted by atomic mass is 9.71. The molecule has 13 heavy (non-hydrogen) atoms. The zero-order valence-electron chi connectivity index (χ0n) is 7.56. The summed E-state index contributed by atoms with van der Waals surface area (Å²) in [6.07, 6.45) is 2.45. The van der Waals surface area contributed by atoms with E-state index in [4.69, 9.17) is 11.6 Å². The standard InChI is InChI=1S/C11H12ClF/c1-7-2-4-9(7)10-5-3-8(13)6-11(10)12/h3,5-7,9H,2,4H2,1H3/t7-,9+/m1/s1. The fourth-order valence-electron chi connectivity index (χ4n) is 1.93. The minimum absolute atomic E-state index is 0.249. The van der Waals surface area contributed by atoms with E-state index in [0.717, 1.165) is 5.56 Å². The second-order valence-electron chi connectivity index (χ2n) is 3.83. The van der Waals surface area contributed by atoms with E-state index < -0.39 is 0 Å². The molecule has 0 radical (unpaired) electrons. The van der Waals surface area contributed by atoms with Crippen LogP contribution in [-0.2, 0) is 0 Å². The highest BCUT2D eigenvalue weighted by Gasteiger charge is 2.29. The van der Waals surface area contributed by atoms with Gasteiger partial charge in [0.1, 0.15) is 5.82 Å². The Morgan fingerprint density at radius 2 is 2.15 bits per heavy atom. The molecule has 0 bridgehead atoms. The van der Waals surface area contributed by atoms with Crippen LogP contribution in [0.1, 0.15) is 31.2 Å². The van der Waals surface area contributed by atoms with Crippen molar-refractivity contribution in [2.24, 2.45) is 5.92 Å². The van der Waals surface area contributed by atoms with Gasteiger partial charge in [-0.05, 0) is 42.4 Å². The number of hydrogen-bond acceptors (Lipinski definition) is 0. The molecule has 1 aliphatic carbocycles. The van der Waals surface area contributed by atoms with Crippen molar-refractivity contribution in [3.05, 3.63) is 34.6 Å². The fourth-order valence-corrected chi connectivity index (χ4v) is 2.24. The molecule has 1 fully saturated rings. The van der Waals surface area contributed by atoms with E-state index in [1.165, 1.54) is 25.0 Å². The molecule has 70 valence electrons. The smallest absolute Gasteiger partial charge is 0.124 e. The average Bonchev–Trinajstić information content (AvgIpc) is 2.07. The average molecular weight is 199 g/mol. The lowest BCUT2D eigenvalue weighted by Gasteiger charge is -2.34. The number of benzene rings is 1. The Labute approximate surface area is 82.7 Å². The molecular formula is C11H12ClF. The number of rotatable bonds is 1. The predicted molar refractivity (Wildman–Crippen MR) is 52.5 cm³/mol. The Kier molecular flexibility index (Phi) is 2.29. The normalized spacial score (nSPS) is 27.0. The Hall–Kier alpha value is -0.560. The third kappa shape index (κ3) is 1.58. The van der Waals surface area contributed by atoms with Crippen LogP contribution in [0.4, 0.5) is 4.39 Å². The summed E-state index contributed by atoms with van der Waals surface area (Å²) in [5, 5.41) is 0.580. The van der Waals surface area contributed by atoms with Gasteiger partial charge in [0.05, 0.1) is 0 Å². The van der Waals surface area contributed by atoms with Crippen LogP contribution < -0.4 is 0 Å². The van der Waals surface area contributed by atoms with Crippen molar-refractivity contribution >= 4 is 11.6 Å². The lowest BCUT2D eigenvalue weighted by molar-refractivity contribution is 0.280. The molecule has 1 saturated carbocycles. The third-order valence-corrected chi connectivity index (χ3v) is 3.31. The largest absolute Gasteiger partial charge is 0.207 e. The van der Waals surface area contributed by atoms with Crippen LogP contribution >= 0.6 is 11.6 Å². The molecule has 0 spiro atoms. The van der Waals surface area contributed by atoms with Crippen molar-refractivity contribution in [1.29, 1.82) is 0 Å². The highest BCUT2D eigenvalue weighted by Crippen LogP contribution is 2.44. The SMILES string of the molecule is C[C@@H]1CC[C@@H]1c1ccc(F)cc1Cl. The summed E-state index contributed by atoms with van der Waals surface area (Å²) in [5.41, 5.74) is 1.11. The summed E-state index contributed by atoms with van der Waals surface area (Å²) in [6, 6.07) is 4.71. The summed E-state index contributed by atoms with van der Waals surface area (Å²) < 4.78 is 12.7. The zero-order chi connectivity index (χ0) is 9.42. The second kappa shape index (κ2) is 3.30. The minimum atomic E-state index is -0.249. The third-order valence-electron chi connectivity index (χ3n) is 2.98. The van der Waals surface area contributed by atoms with Crippen LogP contribution in [0.2, 0.25) is 5.02 Å². The maximum absolute atomic E-state index is 12.7. The fraction of sp³-hybridized carbons (Fsp3) is 0.455. The Balaban J connectivity index is 2.30. The molecule has 2 heteroatoms. The van der Waals surface area contributed by atoms with E-state index in [9.17, 15) is 4.39 Å². The van der Waals surface area contributed by atoms with E-state index in [-0.39, 0.29) is 5.82 Å². The molecule has 0 aliphatic heterocycles. The first-order valence-electron chi connectivity index (χ1n) is 4.63. The second-order valence-corrected chi connectivity index (χ2v) is 4.23. The van der Waals surface area contributed by atoms with Gasteiger partial charge in [0, 0.05) is 5.02 Å². The number of halogens is 2. The van der Waals surface area contributed by atoms with Crippen LogP contribution in [0.5, 0.6) is 0 Å². The monoisotopic (exact) mass is 198 g/mol. The molecule has 2 rings (SSSR count). The van der Waals surface area contributed by atoms with Crippen molar-refractivity contribution < 1.29 is 4.39 Å². The molecule has 0 saturated heterocycles. The maximum atomic E-state index is 12.7. The van der Waals surface area contributed by atoms with Gasteiger partial charge in [-0.25, -0.2) is 4.39 Å². The minimum Gasteiger partial charge on any atom is -0.207 e. The molecule has 2 atom stereocenters. The van der Waals surface area contributed by atoms with Gasteiger partial charge >= 0.3 is 0 Å². The Morgan fingerprint density at radius 1 is 1.38 bits per heavy atom. The number of hydrogen-bond donors (Lipinski definition) is 0. The van der Waals surface area contributed by atoms with Gasteiger partial charge in [0.15, 0.2) is 0 Å². The van der Waals surface area contributed by atoms with Crippen LogP contribution in [-0.4, -0.2) is 0 Å². The topological polar surface area (TPSA) is 0 Å². The van der Waals surface area contributed by atoms with Gasteiger partial charge in [-0.15, -0.1) is 0 Å². The predicted octanol–water partition coefficient (Wildman–Crippen LogP) is 3.99. The van der Waals surface area contributed by atoms with Crippen LogP contribution in [0.15, 0.2) is 18.2 Å². The molecule has 0 unspecified atom stereocenters. The van der Waals surface area contributed by atoms with Gasteiger partial charge in [-0.1, -0.05) is 24.6 Å². The van der Waals surface area contributed by atoms with E-state index in [2.05, 4.69) is 6.92 Å². The molecule has 1 aromatic rings. The van der Waals surface area contributed by atoms with Gasteiger partial charge in [-0.3, -0.25) is 0 Å². The van der Waals surface area contributed by atoms with Gasteiger partial charge < -0.3 is 0 Å². The highest BCUT2D eigenvalue weighted by molar-refractivity contribution is 6.31. The van der Waals surface area contributed by atoms with Crippen LogP contribution in [0, 0.1) is 11.7 Å². The maximum Gasteiger partial charge on any atom is 0.124 e. The summed E-state index contributed by atoms with van der Waals surface area (Å²) in [6.45, 7) is 2.22. The molecule has 0 aromatic heterocycles. The molecule has 1 aromatic carbocycles. The van der Waals surface area contributed by atoms with Gasteiger partial charge in [0.2, 0.25) is 0 Å². The molecular weight excluding hydrogens is 187 g/mol. The molecule has 0 heterocycles. The Morgan fingerprint density at radius 3 is 2.62 bits per heavy atom. The molecule has 0 amide bonds. The highest BCUT2D eigenvalue weighted by atomic mass is 35.5. The summed E-state index contributed by atoms with van der Waals surface area (Å²) in [4.78, 5) is 0. The molecule has 0 nitrogen and oxygen atoms in total. The Bertz CT molecular complexity index is 322. The summed E-state index contributed by atoms with van der Waals surface area (Å²) in [7, 11) is 0. The van der Waals surface area contributed by atoms with E-state index in [0.29, 0.717) is 16.9 Å². The first-order chi connectivity index (χ1) is 6.18. The summed E-state index contributed by atoms with van der Waals surface area (Å²) >= 11 is 5.96.